The molecule has 154 valence electrons. The van der Waals surface area contributed by atoms with Crippen LogP contribution in [0.2, 0.25) is 0 Å². The molecule has 1 aliphatic rings. The van der Waals surface area contributed by atoms with Crippen molar-refractivity contribution < 1.29 is 9.59 Å². The van der Waals surface area contributed by atoms with Crippen LogP contribution in [0.3, 0.4) is 0 Å². The molecule has 1 aromatic heterocycles. The van der Waals surface area contributed by atoms with Gasteiger partial charge in [0.1, 0.15) is 5.82 Å². The molecule has 1 saturated heterocycles. The maximum atomic E-state index is 12.7. The van der Waals surface area contributed by atoms with E-state index < -0.39 is 0 Å². The van der Waals surface area contributed by atoms with Gasteiger partial charge >= 0.3 is 0 Å². The standard InChI is InChI=1S/C23H25N5O2/c1-26(2)19-9-5-17(6-10-19)16-28-21(13-14-24-28)25-23(30)18-7-11-20(12-8-18)27-15-3-4-22(27)29/h5-14H,3-4,15-16H2,1-2H3,(H,25,30). The number of hydrogen-bond acceptors (Lipinski definition) is 4. The number of carbonyl (C=O) groups excluding carboxylic acids is 2. The van der Waals surface area contributed by atoms with Gasteiger partial charge in [-0.15, -0.1) is 0 Å². The van der Waals surface area contributed by atoms with Crippen LogP contribution >= 0.6 is 0 Å². The van der Waals surface area contributed by atoms with E-state index in [1.807, 2.05) is 31.1 Å². The molecule has 0 aliphatic carbocycles. The minimum absolute atomic E-state index is 0.134. The number of benzene rings is 2. The van der Waals surface area contributed by atoms with Crippen molar-refractivity contribution in [2.45, 2.75) is 19.4 Å². The molecule has 1 N–H and O–H groups in total. The Kier molecular flexibility index (Phi) is 5.52. The first-order valence-electron chi connectivity index (χ1n) is 10.0. The van der Waals surface area contributed by atoms with Gasteiger partial charge in [-0.3, -0.25) is 9.59 Å². The molecule has 0 bridgehead atoms. The van der Waals surface area contributed by atoms with Gasteiger partial charge in [0, 0.05) is 50.1 Å². The molecule has 1 fully saturated rings. The molecule has 0 radical (unpaired) electrons. The molecule has 2 aromatic carbocycles. The van der Waals surface area contributed by atoms with Crippen molar-refractivity contribution in [3.8, 4) is 0 Å². The third kappa shape index (κ3) is 4.20. The Morgan fingerprint density at radius 3 is 2.43 bits per heavy atom. The van der Waals surface area contributed by atoms with Gasteiger partial charge in [-0.25, -0.2) is 4.68 Å². The number of anilines is 3. The first-order valence-corrected chi connectivity index (χ1v) is 10.0. The van der Waals surface area contributed by atoms with E-state index in [4.69, 9.17) is 0 Å². The van der Waals surface area contributed by atoms with Gasteiger partial charge in [-0.05, 0) is 48.4 Å². The van der Waals surface area contributed by atoms with Gasteiger partial charge in [-0.2, -0.15) is 5.10 Å². The highest BCUT2D eigenvalue weighted by molar-refractivity contribution is 6.04. The number of hydrogen-bond donors (Lipinski definition) is 1. The Balaban J connectivity index is 1.43. The summed E-state index contributed by atoms with van der Waals surface area (Å²) in [6.45, 7) is 1.30. The van der Waals surface area contributed by atoms with E-state index in [1.165, 1.54) is 0 Å². The Hall–Kier alpha value is -3.61. The van der Waals surface area contributed by atoms with Gasteiger partial charge in [0.05, 0.1) is 12.7 Å². The summed E-state index contributed by atoms with van der Waals surface area (Å²) in [5, 5.41) is 7.27. The number of aromatic nitrogens is 2. The van der Waals surface area contributed by atoms with Crippen molar-refractivity contribution in [2.24, 2.45) is 0 Å². The van der Waals surface area contributed by atoms with E-state index in [2.05, 4.69) is 34.7 Å². The fourth-order valence-electron chi connectivity index (χ4n) is 3.54. The van der Waals surface area contributed by atoms with Gasteiger partial charge in [0.2, 0.25) is 5.91 Å². The van der Waals surface area contributed by atoms with Crippen LogP contribution in [0.15, 0.2) is 60.8 Å². The zero-order valence-corrected chi connectivity index (χ0v) is 17.2. The van der Waals surface area contributed by atoms with E-state index in [0.717, 1.165) is 29.9 Å². The highest BCUT2D eigenvalue weighted by Crippen LogP contribution is 2.22. The zero-order chi connectivity index (χ0) is 21.1. The molecule has 0 saturated carbocycles. The molecular formula is C23H25N5O2. The average molecular weight is 403 g/mol. The van der Waals surface area contributed by atoms with Crippen molar-refractivity contribution in [3.05, 3.63) is 71.9 Å². The van der Waals surface area contributed by atoms with E-state index in [-0.39, 0.29) is 11.8 Å². The number of carbonyl (C=O) groups is 2. The van der Waals surface area contributed by atoms with E-state index in [1.54, 1.807) is 34.0 Å². The van der Waals surface area contributed by atoms with Crippen molar-refractivity contribution in [1.29, 1.82) is 0 Å². The summed E-state index contributed by atoms with van der Waals surface area (Å²) in [6, 6.07) is 17.1. The first kappa shape index (κ1) is 19.7. The van der Waals surface area contributed by atoms with Crippen molar-refractivity contribution in [1.82, 2.24) is 9.78 Å². The van der Waals surface area contributed by atoms with Crippen molar-refractivity contribution in [3.63, 3.8) is 0 Å². The predicted octanol–water partition coefficient (Wildman–Crippen LogP) is 3.38. The molecule has 0 unspecified atom stereocenters. The minimum atomic E-state index is -0.209. The Morgan fingerprint density at radius 1 is 1.07 bits per heavy atom. The molecule has 2 amide bonds. The highest BCUT2D eigenvalue weighted by Gasteiger charge is 2.21. The van der Waals surface area contributed by atoms with Crippen LogP contribution in [0.25, 0.3) is 0 Å². The molecule has 0 spiro atoms. The molecule has 1 aliphatic heterocycles. The lowest BCUT2D eigenvalue weighted by atomic mass is 10.2. The normalized spacial score (nSPS) is 13.5. The molecule has 30 heavy (non-hydrogen) atoms. The summed E-state index contributed by atoms with van der Waals surface area (Å²) in [6.07, 6.45) is 3.14. The van der Waals surface area contributed by atoms with E-state index in [0.29, 0.717) is 24.3 Å². The van der Waals surface area contributed by atoms with Crippen LogP contribution in [-0.4, -0.2) is 42.2 Å². The van der Waals surface area contributed by atoms with Gasteiger partial charge in [0.25, 0.3) is 5.91 Å². The average Bonchev–Trinajstić information content (AvgIpc) is 3.37. The summed E-state index contributed by atoms with van der Waals surface area (Å²) < 4.78 is 1.76. The lowest BCUT2D eigenvalue weighted by Crippen LogP contribution is -2.23. The second-order valence-corrected chi connectivity index (χ2v) is 7.58. The summed E-state index contributed by atoms with van der Waals surface area (Å²) in [4.78, 5) is 28.4. The summed E-state index contributed by atoms with van der Waals surface area (Å²) in [7, 11) is 4.01. The maximum Gasteiger partial charge on any atom is 0.256 e. The fraction of sp³-hybridized carbons (Fsp3) is 0.261. The number of amides is 2. The maximum absolute atomic E-state index is 12.7. The van der Waals surface area contributed by atoms with Crippen molar-refractivity contribution in [2.75, 3.05) is 35.8 Å². The second kappa shape index (κ2) is 8.41. The lowest BCUT2D eigenvalue weighted by molar-refractivity contribution is -0.117. The van der Waals surface area contributed by atoms with Crippen LogP contribution in [-0.2, 0) is 11.3 Å². The number of nitrogens with zero attached hydrogens (tertiary/aromatic N) is 4. The highest BCUT2D eigenvalue weighted by atomic mass is 16.2. The number of rotatable bonds is 6. The van der Waals surface area contributed by atoms with Crippen molar-refractivity contribution >= 4 is 29.0 Å². The minimum Gasteiger partial charge on any atom is -0.378 e. The molecule has 7 heteroatoms. The Labute approximate surface area is 175 Å². The zero-order valence-electron chi connectivity index (χ0n) is 17.2. The molecule has 7 nitrogen and oxygen atoms in total. The fourth-order valence-corrected chi connectivity index (χ4v) is 3.54. The summed E-state index contributed by atoms with van der Waals surface area (Å²) in [5.74, 6) is 0.559. The van der Waals surface area contributed by atoms with Gasteiger partial charge in [0.15, 0.2) is 0 Å². The molecular weight excluding hydrogens is 378 g/mol. The second-order valence-electron chi connectivity index (χ2n) is 7.58. The van der Waals surface area contributed by atoms with Crippen LogP contribution in [0.5, 0.6) is 0 Å². The third-order valence-corrected chi connectivity index (χ3v) is 5.26. The molecule has 0 atom stereocenters. The summed E-state index contributed by atoms with van der Waals surface area (Å²) in [5.41, 5.74) is 3.60. The monoisotopic (exact) mass is 403 g/mol. The van der Waals surface area contributed by atoms with E-state index >= 15 is 0 Å². The van der Waals surface area contributed by atoms with Gasteiger partial charge in [-0.1, -0.05) is 12.1 Å². The smallest absolute Gasteiger partial charge is 0.256 e. The first-order chi connectivity index (χ1) is 14.5. The molecule has 3 aromatic rings. The quantitative estimate of drug-likeness (QED) is 0.685. The number of nitrogens with one attached hydrogen (secondary N) is 1. The van der Waals surface area contributed by atoms with E-state index in [9.17, 15) is 9.59 Å². The van der Waals surface area contributed by atoms with Crippen LogP contribution in [0.4, 0.5) is 17.2 Å². The SMILES string of the molecule is CN(C)c1ccc(Cn2nccc2NC(=O)c2ccc(N3CCCC3=O)cc2)cc1. The summed E-state index contributed by atoms with van der Waals surface area (Å²) >= 11 is 0. The van der Waals surface area contributed by atoms with Crippen LogP contribution in [0.1, 0.15) is 28.8 Å². The molecule has 4 rings (SSSR count). The topological polar surface area (TPSA) is 70.5 Å². The van der Waals surface area contributed by atoms with Gasteiger partial charge < -0.3 is 15.1 Å². The Bertz CT molecular complexity index is 1040. The third-order valence-electron chi connectivity index (χ3n) is 5.26. The van der Waals surface area contributed by atoms with Crippen LogP contribution in [0, 0.1) is 0 Å². The largest absolute Gasteiger partial charge is 0.378 e. The predicted molar refractivity (Wildman–Crippen MR) is 118 cm³/mol. The van der Waals surface area contributed by atoms with Crippen LogP contribution < -0.4 is 15.1 Å². The molecule has 2 heterocycles. The lowest BCUT2D eigenvalue weighted by Gasteiger charge is -2.16. The Morgan fingerprint density at radius 2 is 1.80 bits per heavy atom.